The second-order valence-electron chi connectivity index (χ2n) is 5.42. The molecule has 0 aromatic heterocycles. The van der Waals surface area contributed by atoms with Crippen LogP contribution in [-0.4, -0.2) is 34.0 Å². The lowest BCUT2D eigenvalue weighted by atomic mass is 9.72. The van der Waals surface area contributed by atoms with Crippen LogP contribution < -0.4 is 15.2 Å². The third-order valence-electron chi connectivity index (χ3n) is 3.86. The molecule has 1 aliphatic heterocycles. The molecule has 1 saturated heterocycles. The molecule has 1 aromatic carbocycles. The summed E-state index contributed by atoms with van der Waals surface area (Å²) < 4.78 is 16.2. The van der Waals surface area contributed by atoms with Gasteiger partial charge in [-0.05, 0) is 36.6 Å². The number of nitrogens with two attached hydrogens (primary N) is 1. The van der Waals surface area contributed by atoms with Gasteiger partial charge in [0.2, 0.25) is 0 Å². The third-order valence-corrected chi connectivity index (χ3v) is 3.86. The minimum Gasteiger partial charge on any atom is -0.497 e. The molecule has 1 aromatic rings. The highest BCUT2D eigenvalue weighted by Crippen LogP contribution is 2.41. The zero-order chi connectivity index (χ0) is 13.9. The van der Waals surface area contributed by atoms with Gasteiger partial charge in [-0.15, -0.1) is 0 Å². The summed E-state index contributed by atoms with van der Waals surface area (Å²) in [5.41, 5.74) is 7.03. The van der Waals surface area contributed by atoms with E-state index in [9.17, 15) is 0 Å². The smallest absolute Gasteiger partial charge is 0.122 e. The van der Waals surface area contributed by atoms with Gasteiger partial charge in [0.05, 0.1) is 27.4 Å². The van der Waals surface area contributed by atoms with Crippen LogP contribution in [0.3, 0.4) is 0 Å². The molecule has 1 unspecified atom stereocenters. The van der Waals surface area contributed by atoms with E-state index in [1.807, 2.05) is 6.07 Å². The predicted octanol–water partition coefficient (Wildman–Crippen LogP) is 1.96. The van der Waals surface area contributed by atoms with E-state index in [0.29, 0.717) is 12.5 Å². The van der Waals surface area contributed by atoms with E-state index in [0.717, 1.165) is 31.1 Å². The minimum absolute atomic E-state index is 0.0562. The SMILES string of the molecule is COc1cc(OC)cc(C2(CC(C)CN)COC2)c1. The van der Waals surface area contributed by atoms with Gasteiger partial charge in [0.15, 0.2) is 0 Å². The van der Waals surface area contributed by atoms with E-state index in [2.05, 4.69) is 19.1 Å². The lowest BCUT2D eigenvalue weighted by molar-refractivity contribution is -0.0703. The number of hydrogen-bond acceptors (Lipinski definition) is 4. The Morgan fingerprint density at radius 3 is 2.16 bits per heavy atom. The Bertz CT molecular complexity index is 407. The van der Waals surface area contributed by atoms with Crippen LogP contribution in [0.4, 0.5) is 0 Å². The molecular weight excluding hydrogens is 242 g/mol. The van der Waals surface area contributed by atoms with Crippen LogP contribution in [0.25, 0.3) is 0 Å². The molecule has 2 rings (SSSR count). The van der Waals surface area contributed by atoms with Crippen LogP contribution in [0.1, 0.15) is 18.9 Å². The van der Waals surface area contributed by atoms with Gasteiger partial charge in [-0.3, -0.25) is 0 Å². The molecule has 0 radical (unpaired) electrons. The predicted molar refractivity (Wildman–Crippen MR) is 74.9 cm³/mol. The Balaban J connectivity index is 2.31. The van der Waals surface area contributed by atoms with Crippen molar-refractivity contribution < 1.29 is 14.2 Å². The molecule has 4 heteroatoms. The molecule has 1 aliphatic rings. The van der Waals surface area contributed by atoms with Gasteiger partial charge >= 0.3 is 0 Å². The summed E-state index contributed by atoms with van der Waals surface area (Å²) in [5.74, 6) is 2.11. The fourth-order valence-corrected chi connectivity index (χ4v) is 2.61. The molecule has 19 heavy (non-hydrogen) atoms. The summed E-state index contributed by atoms with van der Waals surface area (Å²) in [4.78, 5) is 0. The first-order chi connectivity index (χ1) is 9.13. The van der Waals surface area contributed by atoms with E-state index in [-0.39, 0.29) is 5.41 Å². The first kappa shape index (κ1) is 14.2. The number of rotatable bonds is 6. The minimum atomic E-state index is 0.0562. The highest BCUT2D eigenvalue weighted by atomic mass is 16.5. The van der Waals surface area contributed by atoms with Crippen LogP contribution in [0.5, 0.6) is 11.5 Å². The molecule has 0 bridgehead atoms. The van der Waals surface area contributed by atoms with Gasteiger partial charge in [-0.25, -0.2) is 0 Å². The number of ether oxygens (including phenoxy) is 3. The second kappa shape index (κ2) is 5.80. The van der Waals surface area contributed by atoms with E-state index in [4.69, 9.17) is 19.9 Å². The fraction of sp³-hybridized carbons (Fsp3) is 0.600. The van der Waals surface area contributed by atoms with Crippen LogP contribution >= 0.6 is 0 Å². The molecule has 1 fully saturated rings. The third kappa shape index (κ3) is 2.85. The standard InChI is InChI=1S/C15H23NO3/c1-11(8-16)7-15(9-19-10-15)12-4-13(17-2)6-14(5-12)18-3/h4-6,11H,7-10,16H2,1-3H3. The van der Waals surface area contributed by atoms with Crippen molar-refractivity contribution in [3.05, 3.63) is 23.8 Å². The summed E-state index contributed by atoms with van der Waals surface area (Å²) in [7, 11) is 3.34. The zero-order valence-electron chi connectivity index (χ0n) is 11.9. The first-order valence-corrected chi connectivity index (χ1v) is 6.65. The molecule has 1 heterocycles. The van der Waals surface area contributed by atoms with Crippen molar-refractivity contribution >= 4 is 0 Å². The number of benzene rings is 1. The maximum Gasteiger partial charge on any atom is 0.122 e. The second-order valence-corrected chi connectivity index (χ2v) is 5.42. The Hall–Kier alpha value is -1.26. The van der Waals surface area contributed by atoms with E-state index in [1.54, 1.807) is 14.2 Å². The molecule has 4 nitrogen and oxygen atoms in total. The van der Waals surface area contributed by atoms with Crippen molar-refractivity contribution in [3.63, 3.8) is 0 Å². The van der Waals surface area contributed by atoms with E-state index >= 15 is 0 Å². The Morgan fingerprint density at radius 1 is 1.21 bits per heavy atom. The van der Waals surface area contributed by atoms with Gasteiger partial charge in [0, 0.05) is 11.5 Å². The van der Waals surface area contributed by atoms with Crippen molar-refractivity contribution in [1.29, 1.82) is 0 Å². The van der Waals surface area contributed by atoms with E-state index in [1.165, 1.54) is 5.56 Å². The molecule has 1 atom stereocenters. The van der Waals surface area contributed by atoms with Gasteiger partial charge in [0.25, 0.3) is 0 Å². The van der Waals surface area contributed by atoms with Gasteiger partial charge < -0.3 is 19.9 Å². The monoisotopic (exact) mass is 265 g/mol. The van der Waals surface area contributed by atoms with Crippen LogP contribution in [0.15, 0.2) is 18.2 Å². The maximum absolute atomic E-state index is 5.76. The molecule has 2 N–H and O–H groups in total. The fourth-order valence-electron chi connectivity index (χ4n) is 2.61. The average molecular weight is 265 g/mol. The van der Waals surface area contributed by atoms with Crippen molar-refractivity contribution in [2.24, 2.45) is 11.7 Å². The van der Waals surface area contributed by atoms with Gasteiger partial charge in [-0.2, -0.15) is 0 Å². The molecule has 106 valence electrons. The summed E-state index contributed by atoms with van der Waals surface area (Å²) in [6.45, 7) is 4.36. The van der Waals surface area contributed by atoms with Crippen LogP contribution in [-0.2, 0) is 10.2 Å². The molecule has 0 amide bonds. The highest BCUT2D eigenvalue weighted by molar-refractivity contribution is 5.43. The molecular formula is C15H23NO3. The topological polar surface area (TPSA) is 53.7 Å². The normalized spacial score (nSPS) is 18.5. The summed E-state index contributed by atoms with van der Waals surface area (Å²) in [6.07, 6.45) is 1.03. The first-order valence-electron chi connectivity index (χ1n) is 6.65. The van der Waals surface area contributed by atoms with Crippen LogP contribution in [0.2, 0.25) is 0 Å². The number of hydrogen-bond donors (Lipinski definition) is 1. The molecule has 0 spiro atoms. The zero-order valence-corrected chi connectivity index (χ0v) is 11.9. The summed E-state index contributed by atoms with van der Waals surface area (Å²) in [5, 5.41) is 0. The Labute approximate surface area is 114 Å². The van der Waals surface area contributed by atoms with Gasteiger partial charge in [-0.1, -0.05) is 6.92 Å². The van der Waals surface area contributed by atoms with Crippen molar-refractivity contribution in [2.75, 3.05) is 34.0 Å². The quantitative estimate of drug-likeness (QED) is 0.854. The number of methoxy groups -OCH3 is 2. The average Bonchev–Trinajstić information content (AvgIpc) is 2.41. The Morgan fingerprint density at radius 2 is 1.79 bits per heavy atom. The summed E-state index contributed by atoms with van der Waals surface area (Å²) in [6, 6.07) is 6.05. The van der Waals surface area contributed by atoms with Crippen molar-refractivity contribution in [3.8, 4) is 11.5 Å². The molecule has 0 aliphatic carbocycles. The van der Waals surface area contributed by atoms with Gasteiger partial charge in [0.1, 0.15) is 11.5 Å². The van der Waals surface area contributed by atoms with Crippen LogP contribution in [0, 0.1) is 5.92 Å². The largest absolute Gasteiger partial charge is 0.497 e. The highest BCUT2D eigenvalue weighted by Gasteiger charge is 2.41. The van der Waals surface area contributed by atoms with Crippen molar-refractivity contribution in [1.82, 2.24) is 0 Å². The lowest BCUT2D eigenvalue weighted by Crippen LogP contribution is -2.48. The van der Waals surface area contributed by atoms with Crippen molar-refractivity contribution in [2.45, 2.75) is 18.8 Å². The van der Waals surface area contributed by atoms with E-state index < -0.39 is 0 Å². The summed E-state index contributed by atoms with van der Waals surface area (Å²) >= 11 is 0. The molecule has 0 saturated carbocycles. The Kier molecular flexibility index (Phi) is 4.32. The maximum atomic E-state index is 5.76. The lowest BCUT2D eigenvalue weighted by Gasteiger charge is -2.43.